The van der Waals surface area contributed by atoms with E-state index in [1.54, 1.807) is 13.1 Å². The van der Waals surface area contributed by atoms with Gasteiger partial charge in [0.15, 0.2) is 5.82 Å². The Labute approximate surface area is 89.8 Å². The molecule has 1 atom stereocenters. The minimum Gasteiger partial charge on any atom is -0.379 e. The topological polar surface area (TPSA) is 50.9 Å². The van der Waals surface area contributed by atoms with Crippen LogP contribution in [-0.4, -0.2) is 19.9 Å². The summed E-state index contributed by atoms with van der Waals surface area (Å²) in [5.41, 5.74) is 0. The van der Waals surface area contributed by atoms with Crippen LogP contribution in [0, 0.1) is 0 Å². The molecule has 1 N–H and O–H groups in total. The third kappa shape index (κ3) is 1.54. The van der Waals surface area contributed by atoms with Crippen molar-refractivity contribution in [1.29, 1.82) is 0 Å². The van der Waals surface area contributed by atoms with E-state index in [0.717, 1.165) is 0 Å². The predicted molar refractivity (Wildman–Crippen MR) is 54.4 cm³/mol. The zero-order valence-corrected chi connectivity index (χ0v) is 8.96. The average Bonchev–Trinajstić information content (AvgIpc) is 2.73. The molecule has 0 amide bonds. The van der Waals surface area contributed by atoms with E-state index in [1.807, 2.05) is 5.38 Å². The van der Waals surface area contributed by atoms with Crippen LogP contribution in [0.1, 0.15) is 16.8 Å². The molecule has 2 aromatic heterocycles. The lowest BCUT2D eigenvalue weighted by atomic mass is 10.3. The van der Waals surface area contributed by atoms with E-state index >= 15 is 0 Å². The predicted octanol–water partition coefficient (Wildman–Crippen LogP) is 1.61. The first-order chi connectivity index (χ1) is 6.70. The van der Waals surface area contributed by atoms with Crippen LogP contribution < -0.4 is 0 Å². The van der Waals surface area contributed by atoms with Crippen LogP contribution in [0.4, 0.5) is 0 Å². The summed E-state index contributed by atoms with van der Waals surface area (Å²) in [6.07, 6.45) is 0.607. The summed E-state index contributed by atoms with van der Waals surface area (Å²) < 4.78 is 1.53. The molecule has 1 unspecified atom stereocenters. The smallest absolute Gasteiger partial charge is 0.161 e. The summed E-state index contributed by atoms with van der Waals surface area (Å²) >= 11 is 7.30. The van der Waals surface area contributed by atoms with Gasteiger partial charge in [-0.3, -0.25) is 4.68 Å². The van der Waals surface area contributed by atoms with Crippen molar-refractivity contribution in [3.8, 4) is 0 Å². The molecular weight excluding hydrogens is 222 g/mol. The minimum atomic E-state index is -0.796. The highest BCUT2D eigenvalue weighted by molar-refractivity contribution is 7.10. The number of halogens is 1. The van der Waals surface area contributed by atoms with Gasteiger partial charge in [0, 0.05) is 7.05 Å². The molecule has 0 aliphatic heterocycles. The van der Waals surface area contributed by atoms with Crippen molar-refractivity contribution in [3.05, 3.63) is 33.5 Å². The molecule has 74 valence electrons. The van der Waals surface area contributed by atoms with Gasteiger partial charge in [0.2, 0.25) is 0 Å². The second kappa shape index (κ2) is 3.68. The molecule has 0 aliphatic rings. The molecule has 0 fully saturated rings. The molecule has 0 saturated heterocycles. The van der Waals surface area contributed by atoms with E-state index in [9.17, 15) is 5.11 Å². The van der Waals surface area contributed by atoms with Crippen LogP contribution in [0.3, 0.4) is 0 Å². The fourth-order valence-electron chi connectivity index (χ4n) is 1.17. The Morgan fingerprint density at radius 2 is 2.43 bits per heavy atom. The third-order valence-corrected chi connectivity index (χ3v) is 3.30. The van der Waals surface area contributed by atoms with Gasteiger partial charge in [-0.1, -0.05) is 11.6 Å². The number of thiophene rings is 1. The summed E-state index contributed by atoms with van der Waals surface area (Å²) in [6, 6.07) is 1.75. The first-order valence-corrected chi connectivity index (χ1v) is 5.20. The average molecular weight is 230 g/mol. The van der Waals surface area contributed by atoms with Gasteiger partial charge in [-0.05, 0) is 11.4 Å². The highest BCUT2D eigenvalue weighted by Gasteiger charge is 2.19. The van der Waals surface area contributed by atoms with E-state index in [4.69, 9.17) is 11.6 Å². The fraction of sp³-hybridized carbons (Fsp3) is 0.250. The van der Waals surface area contributed by atoms with Crippen molar-refractivity contribution in [1.82, 2.24) is 14.8 Å². The molecule has 0 spiro atoms. The highest BCUT2D eigenvalue weighted by Crippen LogP contribution is 2.31. The maximum atomic E-state index is 9.93. The van der Waals surface area contributed by atoms with Crippen LogP contribution in [0.25, 0.3) is 0 Å². The maximum Gasteiger partial charge on any atom is 0.161 e. The van der Waals surface area contributed by atoms with Gasteiger partial charge in [0.1, 0.15) is 12.4 Å². The molecule has 0 radical (unpaired) electrons. The van der Waals surface area contributed by atoms with Crippen molar-refractivity contribution in [2.24, 2.45) is 7.05 Å². The molecule has 0 aromatic carbocycles. The highest BCUT2D eigenvalue weighted by atomic mass is 35.5. The van der Waals surface area contributed by atoms with Gasteiger partial charge in [-0.25, -0.2) is 4.98 Å². The largest absolute Gasteiger partial charge is 0.379 e. The third-order valence-electron chi connectivity index (χ3n) is 1.88. The normalized spacial score (nSPS) is 13.1. The summed E-state index contributed by atoms with van der Waals surface area (Å²) in [4.78, 5) is 4.66. The standard InChI is InChI=1S/C8H8ClN3OS/c1-12-8(10-4-11-12)6(13)7-5(9)2-3-14-7/h2-4,6,13H,1H3. The van der Waals surface area contributed by atoms with Gasteiger partial charge in [-0.15, -0.1) is 11.3 Å². The summed E-state index contributed by atoms with van der Waals surface area (Å²) in [6.45, 7) is 0. The van der Waals surface area contributed by atoms with Gasteiger partial charge >= 0.3 is 0 Å². The molecule has 0 saturated carbocycles. The van der Waals surface area contributed by atoms with Crippen LogP contribution in [0.2, 0.25) is 5.02 Å². The lowest BCUT2D eigenvalue weighted by Crippen LogP contribution is -2.07. The zero-order valence-electron chi connectivity index (χ0n) is 7.38. The van der Waals surface area contributed by atoms with Crippen molar-refractivity contribution in [2.75, 3.05) is 0 Å². The Balaban J connectivity index is 2.38. The number of hydrogen-bond donors (Lipinski definition) is 1. The Hall–Kier alpha value is -0.910. The van der Waals surface area contributed by atoms with Gasteiger partial charge in [0.05, 0.1) is 9.90 Å². The van der Waals surface area contributed by atoms with Crippen LogP contribution in [0.5, 0.6) is 0 Å². The monoisotopic (exact) mass is 229 g/mol. The number of nitrogens with zero attached hydrogens (tertiary/aromatic N) is 3. The molecule has 6 heteroatoms. The molecule has 14 heavy (non-hydrogen) atoms. The van der Waals surface area contributed by atoms with Gasteiger partial charge in [0.25, 0.3) is 0 Å². The minimum absolute atomic E-state index is 0.495. The van der Waals surface area contributed by atoms with E-state index in [2.05, 4.69) is 10.1 Å². The Morgan fingerprint density at radius 1 is 1.64 bits per heavy atom. The molecule has 2 rings (SSSR count). The van der Waals surface area contributed by atoms with E-state index in [0.29, 0.717) is 15.7 Å². The number of aromatic nitrogens is 3. The van der Waals surface area contributed by atoms with E-state index < -0.39 is 6.10 Å². The van der Waals surface area contributed by atoms with Gasteiger partial charge in [-0.2, -0.15) is 5.10 Å². The molecule has 4 nitrogen and oxygen atoms in total. The number of hydrogen-bond acceptors (Lipinski definition) is 4. The van der Waals surface area contributed by atoms with Crippen LogP contribution in [-0.2, 0) is 7.05 Å². The van der Waals surface area contributed by atoms with E-state index in [-0.39, 0.29) is 0 Å². The van der Waals surface area contributed by atoms with Crippen LogP contribution in [0.15, 0.2) is 17.8 Å². The Bertz CT molecular complexity index is 399. The quantitative estimate of drug-likeness (QED) is 0.851. The lowest BCUT2D eigenvalue weighted by Gasteiger charge is -2.07. The summed E-state index contributed by atoms with van der Waals surface area (Å²) in [7, 11) is 1.73. The first kappa shape index (κ1) is 9.64. The van der Waals surface area contributed by atoms with Crippen molar-refractivity contribution in [2.45, 2.75) is 6.10 Å². The summed E-state index contributed by atoms with van der Waals surface area (Å²) in [5, 5.41) is 16.2. The Morgan fingerprint density at radius 3 is 2.93 bits per heavy atom. The SMILES string of the molecule is Cn1ncnc1C(O)c1sccc1Cl. The molecular formula is C8H8ClN3OS. The molecule has 0 bridgehead atoms. The van der Waals surface area contributed by atoms with Crippen molar-refractivity contribution >= 4 is 22.9 Å². The number of rotatable bonds is 2. The molecule has 0 aliphatic carbocycles. The number of aliphatic hydroxyl groups excluding tert-OH is 1. The fourth-order valence-corrected chi connectivity index (χ4v) is 2.31. The first-order valence-electron chi connectivity index (χ1n) is 3.95. The molecule has 2 heterocycles. The number of aryl methyl sites for hydroxylation is 1. The van der Waals surface area contributed by atoms with Crippen molar-refractivity contribution in [3.63, 3.8) is 0 Å². The zero-order chi connectivity index (χ0) is 10.1. The number of aliphatic hydroxyl groups is 1. The lowest BCUT2D eigenvalue weighted by molar-refractivity contribution is 0.208. The molecule has 2 aromatic rings. The van der Waals surface area contributed by atoms with Gasteiger partial charge < -0.3 is 5.11 Å². The maximum absolute atomic E-state index is 9.93. The Kier molecular flexibility index (Phi) is 2.54. The second-order valence-corrected chi connectivity index (χ2v) is 4.13. The van der Waals surface area contributed by atoms with Crippen LogP contribution >= 0.6 is 22.9 Å². The summed E-state index contributed by atoms with van der Waals surface area (Å²) in [5.74, 6) is 0.495. The van der Waals surface area contributed by atoms with E-state index in [1.165, 1.54) is 22.3 Å². The second-order valence-electron chi connectivity index (χ2n) is 2.78. The van der Waals surface area contributed by atoms with Crippen molar-refractivity contribution < 1.29 is 5.11 Å².